The first-order valence-electron chi connectivity index (χ1n) is 8.25. The van der Waals surface area contributed by atoms with Gasteiger partial charge < -0.3 is 14.8 Å². The number of ether oxygens (including phenoxy) is 2. The number of benzene rings is 2. The Morgan fingerprint density at radius 1 is 1.11 bits per heavy atom. The van der Waals surface area contributed by atoms with Crippen molar-refractivity contribution in [2.75, 3.05) is 19.5 Å². The Morgan fingerprint density at radius 2 is 1.93 bits per heavy atom. The summed E-state index contributed by atoms with van der Waals surface area (Å²) < 4.78 is 12.3. The number of amides is 1. The number of rotatable bonds is 5. The lowest BCUT2D eigenvalue weighted by atomic mass is 10.2. The van der Waals surface area contributed by atoms with Crippen LogP contribution in [0.2, 0.25) is 0 Å². The summed E-state index contributed by atoms with van der Waals surface area (Å²) in [5.41, 5.74) is 2.93. The number of anilines is 1. The summed E-state index contributed by atoms with van der Waals surface area (Å²) in [6.45, 7) is 0. The Balaban J connectivity index is 1.64. The first kappa shape index (κ1) is 17.1. The maximum Gasteiger partial charge on any atom is 0.273 e. The normalized spacial score (nSPS) is 10.7. The van der Waals surface area contributed by atoms with Crippen LogP contribution < -0.4 is 14.8 Å². The van der Waals surface area contributed by atoms with Gasteiger partial charge in [-0.15, -0.1) is 11.3 Å². The maximum absolute atomic E-state index is 12.8. The summed E-state index contributed by atoms with van der Waals surface area (Å²) >= 11 is 1.42. The van der Waals surface area contributed by atoms with Gasteiger partial charge in [-0.2, -0.15) is 0 Å². The SMILES string of the molecule is COc1ccc(NC(=O)c2csc3nc(-c4ccccc4)cn23)c(OC)c1. The van der Waals surface area contributed by atoms with Crippen LogP contribution in [-0.4, -0.2) is 29.5 Å². The number of thiazole rings is 1. The van der Waals surface area contributed by atoms with E-state index >= 15 is 0 Å². The zero-order chi connectivity index (χ0) is 18.8. The van der Waals surface area contributed by atoms with Gasteiger partial charge in [0.1, 0.15) is 17.2 Å². The van der Waals surface area contributed by atoms with Crippen molar-refractivity contribution in [2.24, 2.45) is 0 Å². The standard InChI is InChI=1S/C20H17N3O3S/c1-25-14-8-9-15(18(10-14)26-2)21-19(24)17-12-27-20-22-16(11-23(17)20)13-6-4-3-5-7-13/h3-12H,1-2H3,(H,21,24). The number of nitrogens with one attached hydrogen (secondary N) is 1. The highest BCUT2D eigenvalue weighted by molar-refractivity contribution is 7.15. The van der Waals surface area contributed by atoms with E-state index in [1.807, 2.05) is 36.5 Å². The van der Waals surface area contributed by atoms with Gasteiger partial charge >= 0.3 is 0 Å². The van der Waals surface area contributed by atoms with Crippen molar-refractivity contribution >= 4 is 27.9 Å². The molecule has 0 saturated carbocycles. The van der Waals surface area contributed by atoms with Gasteiger partial charge in [-0.1, -0.05) is 30.3 Å². The molecule has 2 aromatic carbocycles. The smallest absolute Gasteiger partial charge is 0.273 e. The van der Waals surface area contributed by atoms with Crippen molar-refractivity contribution < 1.29 is 14.3 Å². The third kappa shape index (κ3) is 3.24. The topological polar surface area (TPSA) is 64.9 Å². The number of hydrogen-bond donors (Lipinski definition) is 1. The molecule has 0 saturated heterocycles. The Bertz CT molecular complexity index is 1100. The van der Waals surface area contributed by atoms with E-state index < -0.39 is 0 Å². The van der Waals surface area contributed by atoms with Gasteiger partial charge in [0.2, 0.25) is 0 Å². The lowest BCUT2D eigenvalue weighted by Crippen LogP contribution is -2.14. The molecule has 0 aliphatic rings. The Kier molecular flexibility index (Phi) is 4.52. The van der Waals surface area contributed by atoms with Crippen molar-refractivity contribution in [1.82, 2.24) is 9.38 Å². The Labute approximate surface area is 160 Å². The summed E-state index contributed by atoms with van der Waals surface area (Å²) in [5, 5.41) is 4.69. The molecule has 2 aromatic heterocycles. The highest BCUT2D eigenvalue weighted by Crippen LogP contribution is 2.30. The molecule has 1 amide bonds. The predicted octanol–water partition coefficient (Wildman–Crippen LogP) is 4.33. The third-order valence-electron chi connectivity index (χ3n) is 4.17. The second kappa shape index (κ2) is 7.13. The lowest BCUT2D eigenvalue weighted by Gasteiger charge is -2.11. The molecule has 0 atom stereocenters. The van der Waals surface area contributed by atoms with Crippen LogP contribution in [-0.2, 0) is 0 Å². The molecule has 0 aliphatic heterocycles. The summed E-state index contributed by atoms with van der Waals surface area (Å²) in [6, 6.07) is 15.1. The molecule has 27 heavy (non-hydrogen) atoms. The Morgan fingerprint density at radius 3 is 2.67 bits per heavy atom. The zero-order valence-electron chi connectivity index (χ0n) is 14.8. The van der Waals surface area contributed by atoms with Gasteiger partial charge in [-0.25, -0.2) is 4.98 Å². The largest absolute Gasteiger partial charge is 0.497 e. The van der Waals surface area contributed by atoms with Gasteiger partial charge in [-0.3, -0.25) is 9.20 Å². The monoisotopic (exact) mass is 379 g/mol. The molecule has 1 N–H and O–H groups in total. The van der Waals surface area contributed by atoms with Crippen LogP contribution in [0.5, 0.6) is 11.5 Å². The quantitative estimate of drug-likeness (QED) is 0.560. The van der Waals surface area contributed by atoms with Crippen LogP contribution in [0.1, 0.15) is 10.5 Å². The molecule has 0 radical (unpaired) electrons. The van der Waals surface area contributed by atoms with Crippen molar-refractivity contribution in [3.05, 3.63) is 65.8 Å². The third-order valence-corrected chi connectivity index (χ3v) is 5.01. The number of carbonyl (C=O) groups excluding carboxylic acids is 1. The molecular formula is C20H17N3O3S. The van der Waals surface area contributed by atoms with Gasteiger partial charge in [0, 0.05) is 23.2 Å². The molecule has 0 aliphatic carbocycles. The minimum atomic E-state index is -0.235. The van der Waals surface area contributed by atoms with E-state index in [-0.39, 0.29) is 5.91 Å². The van der Waals surface area contributed by atoms with Crippen molar-refractivity contribution in [3.63, 3.8) is 0 Å². The number of aromatic nitrogens is 2. The summed E-state index contributed by atoms with van der Waals surface area (Å²) in [4.78, 5) is 18.2. The van der Waals surface area contributed by atoms with E-state index in [1.165, 1.54) is 11.3 Å². The molecule has 0 fully saturated rings. The Hall–Kier alpha value is -3.32. The van der Waals surface area contributed by atoms with Crippen LogP contribution in [0.15, 0.2) is 60.1 Å². The first-order chi connectivity index (χ1) is 13.2. The molecular weight excluding hydrogens is 362 g/mol. The van der Waals surface area contributed by atoms with Gasteiger partial charge in [0.15, 0.2) is 4.96 Å². The fourth-order valence-electron chi connectivity index (χ4n) is 2.78. The minimum absolute atomic E-state index is 0.235. The molecule has 0 bridgehead atoms. The molecule has 2 heterocycles. The molecule has 0 spiro atoms. The van der Waals surface area contributed by atoms with Crippen LogP contribution in [0, 0.1) is 0 Å². The zero-order valence-corrected chi connectivity index (χ0v) is 15.6. The fraction of sp³-hybridized carbons (Fsp3) is 0.100. The van der Waals surface area contributed by atoms with E-state index in [0.717, 1.165) is 16.2 Å². The number of fused-ring (bicyclic) bond motifs is 1. The minimum Gasteiger partial charge on any atom is -0.497 e. The summed E-state index contributed by atoms with van der Waals surface area (Å²) in [6.07, 6.45) is 1.88. The number of hydrogen-bond acceptors (Lipinski definition) is 5. The second-order valence-electron chi connectivity index (χ2n) is 5.79. The van der Waals surface area contributed by atoms with E-state index in [1.54, 1.807) is 42.2 Å². The predicted molar refractivity (Wildman–Crippen MR) is 106 cm³/mol. The van der Waals surface area contributed by atoms with Crippen LogP contribution >= 0.6 is 11.3 Å². The van der Waals surface area contributed by atoms with Gasteiger partial charge in [0.05, 0.1) is 25.6 Å². The van der Waals surface area contributed by atoms with Gasteiger partial charge in [0.25, 0.3) is 5.91 Å². The van der Waals surface area contributed by atoms with E-state index in [0.29, 0.717) is 22.9 Å². The number of nitrogens with zero attached hydrogens (tertiary/aromatic N) is 2. The molecule has 6 nitrogen and oxygen atoms in total. The average Bonchev–Trinajstić information content (AvgIpc) is 3.29. The van der Waals surface area contributed by atoms with Crippen molar-refractivity contribution in [1.29, 1.82) is 0 Å². The number of methoxy groups -OCH3 is 2. The first-order valence-corrected chi connectivity index (χ1v) is 9.13. The lowest BCUT2D eigenvalue weighted by molar-refractivity contribution is 0.102. The highest BCUT2D eigenvalue weighted by Gasteiger charge is 2.17. The van der Waals surface area contributed by atoms with Crippen molar-refractivity contribution in [3.8, 4) is 22.8 Å². The average molecular weight is 379 g/mol. The number of imidazole rings is 1. The molecule has 4 rings (SSSR count). The number of carbonyl (C=O) groups is 1. The van der Waals surface area contributed by atoms with E-state index in [4.69, 9.17) is 9.47 Å². The fourth-order valence-corrected chi connectivity index (χ4v) is 3.64. The summed E-state index contributed by atoms with van der Waals surface area (Å²) in [7, 11) is 3.13. The second-order valence-corrected chi connectivity index (χ2v) is 6.62. The maximum atomic E-state index is 12.8. The van der Waals surface area contributed by atoms with Crippen molar-refractivity contribution in [2.45, 2.75) is 0 Å². The van der Waals surface area contributed by atoms with Crippen LogP contribution in [0.4, 0.5) is 5.69 Å². The van der Waals surface area contributed by atoms with Gasteiger partial charge in [-0.05, 0) is 12.1 Å². The molecule has 136 valence electrons. The molecule has 4 aromatic rings. The van der Waals surface area contributed by atoms with E-state index in [2.05, 4.69) is 10.3 Å². The summed E-state index contributed by atoms with van der Waals surface area (Å²) in [5.74, 6) is 0.955. The van der Waals surface area contributed by atoms with E-state index in [9.17, 15) is 4.79 Å². The van der Waals surface area contributed by atoms with Crippen LogP contribution in [0.25, 0.3) is 16.2 Å². The van der Waals surface area contributed by atoms with Crippen LogP contribution in [0.3, 0.4) is 0 Å². The molecule has 7 heteroatoms. The highest BCUT2D eigenvalue weighted by atomic mass is 32.1. The molecule has 0 unspecified atom stereocenters.